The molecule has 0 aliphatic carbocycles. The van der Waals surface area contributed by atoms with Gasteiger partial charge >= 0.3 is 6.09 Å². The summed E-state index contributed by atoms with van der Waals surface area (Å²) in [6.07, 6.45) is 1.48. The number of nitrogens with zero attached hydrogens (tertiary/aromatic N) is 1. The fraction of sp³-hybridized carbons (Fsp3) is 0.579. The second kappa shape index (κ2) is 11.2. The third-order valence-electron chi connectivity index (χ3n) is 3.77. The van der Waals surface area contributed by atoms with Crippen molar-refractivity contribution in [2.75, 3.05) is 33.3 Å². The molecule has 1 aliphatic heterocycles. The van der Waals surface area contributed by atoms with Gasteiger partial charge in [-0.25, -0.2) is 4.79 Å². The summed E-state index contributed by atoms with van der Waals surface area (Å²) in [6.45, 7) is 8.10. The van der Waals surface area contributed by atoms with Gasteiger partial charge in [0.25, 0.3) is 0 Å². The van der Waals surface area contributed by atoms with Crippen LogP contribution in [0.1, 0.15) is 31.9 Å². The highest BCUT2D eigenvalue weighted by Crippen LogP contribution is 2.25. The molecule has 1 amide bonds. The van der Waals surface area contributed by atoms with Crippen LogP contribution in [0.25, 0.3) is 0 Å². The highest BCUT2D eigenvalue weighted by atomic mass is 127. The van der Waals surface area contributed by atoms with E-state index < -0.39 is 11.7 Å². The monoisotopic (exact) mass is 490 g/mol. The van der Waals surface area contributed by atoms with Gasteiger partial charge in [-0.3, -0.25) is 4.99 Å². The third-order valence-corrected chi connectivity index (χ3v) is 3.77. The van der Waals surface area contributed by atoms with Crippen LogP contribution in [-0.2, 0) is 17.6 Å². The Morgan fingerprint density at radius 1 is 1.19 bits per heavy atom. The number of halogens is 1. The summed E-state index contributed by atoms with van der Waals surface area (Å²) in [6, 6.07) is 6.37. The van der Waals surface area contributed by atoms with Crippen molar-refractivity contribution < 1.29 is 14.3 Å². The molecule has 3 N–H and O–H groups in total. The van der Waals surface area contributed by atoms with Crippen molar-refractivity contribution in [1.82, 2.24) is 16.0 Å². The molecule has 0 aromatic heterocycles. The van der Waals surface area contributed by atoms with E-state index >= 15 is 0 Å². The molecular weight excluding hydrogens is 459 g/mol. The number of ether oxygens (including phenoxy) is 2. The minimum Gasteiger partial charge on any atom is -0.493 e. The standard InChI is InChI=1S/C19H30N4O3.HI/c1-19(2,3)26-18(24)23-11-10-22-17(20-4)21-9-7-14-5-6-16-15(13-14)8-12-25-16;/h5-6,13H,7-12H2,1-4H3,(H,23,24)(H2,20,21,22);1H. The van der Waals surface area contributed by atoms with Crippen molar-refractivity contribution in [3.63, 3.8) is 0 Å². The average Bonchev–Trinajstić information content (AvgIpc) is 3.03. The molecule has 8 heteroatoms. The zero-order valence-corrected chi connectivity index (χ0v) is 18.9. The van der Waals surface area contributed by atoms with Crippen LogP contribution in [0.15, 0.2) is 23.2 Å². The molecule has 0 unspecified atom stereocenters. The zero-order chi connectivity index (χ0) is 19.0. The number of guanidine groups is 1. The van der Waals surface area contributed by atoms with Gasteiger partial charge in [-0.2, -0.15) is 0 Å². The molecule has 0 atom stereocenters. The number of carbonyl (C=O) groups is 1. The van der Waals surface area contributed by atoms with Crippen LogP contribution < -0.4 is 20.7 Å². The minimum atomic E-state index is -0.487. The smallest absolute Gasteiger partial charge is 0.407 e. The number of amides is 1. The van der Waals surface area contributed by atoms with E-state index in [1.165, 1.54) is 11.1 Å². The van der Waals surface area contributed by atoms with E-state index in [9.17, 15) is 4.79 Å². The van der Waals surface area contributed by atoms with Gasteiger partial charge in [0, 0.05) is 33.1 Å². The van der Waals surface area contributed by atoms with Crippen molar-refractivity contribution in [3.05, 3.63) is 29.3 Å². The second-order valence-electron chi connectivity index (χ2n) is 7.14. The first-order valence-corrected chi connectivity index (χ1v) is 9.03. The number of alkyl carbamates (subject to hydrolysis) is 1. The van der Waals surface area contributed by atoms with E-state index in [1.54, 1.807) is 7.05 Å². The maximum atomic E-state index is 11.6. The molecule has 0 saturated carbocycles. The predicted molar refractivity (Wildman–Crippen MR) is 118 cm³/mol. The predicted octanol–water partition coefficient (Wildman–Crippen LogP) is 2.47. The molecule has 0 radical (unpaired) electrons. The number of hydrogen-bond acceptors (Lipinski definition) is 4. The topological polar surface area (TPSA) is 84.0 Å². The van der Waals surface area contributed by atoms with E-state index in [-0.39, 0.29) is 24.0 Å². The molecule has 1 heterocycles. The zero-order valence-electron chi connectivity index (χ0n) is 16.6. The molecule has 0 bridgehead atoms. The summed E-state index contributed by atoms with van der Waals surface area (Å²) in [5.74, 6) is 1.72. The summed E-state index contributed by atoms with van der Waals surface area (Å²) in [4.78, 5) is 15.8. The number of fused-ring (bicyclic) bond motifs is 1. The largest absolute Gasteiger partial charge is 0.493 e. The SMILES string of the molecule is CN=C(NCCNC(=O)OC(C)(C)C)NCCc1ccc2c(c1)CCO2.I. The van der Waals surface area contributed by atoms with Crippen LogP contribution in [0.5, 0.6) is 5.75 Å². The van der Waals surface area contributed by atoms with Gasteiger partial charge in [-0.05, 0) is 44.4 Å². The van der Waals surface area contributed by atoms with Crippen LogP contribution in [0.2, 0.25) is 0 Å². The first-order valence-electron chi connectivity index (χ1n) is 9.03. The average molecular weight is 490 g/mol. The van der Waals surface area contributed by atoms with Crippen LogP contribution in [0, 0.1) is 0 Å². The van der Waals surface area contributed by atoms with Crippen LogP contribution in [-0.4, -0.2) is 50.9 Å². The number of carbonyl (C=O) groups excluding carboxylic acids is 1. The van der Waals surface area contributed by atoms with E-state index in [0.29, 0.717) is 19.0 Å². The summed E-state index contributed by atoms with van der Waals surface area (Å²) >= 11 is 0. The first kappa shape index (κ1) is 23.3. The van der Waals surface area contributed by atoms with Crippen LogP contribution in [0.4, 0.5) is 4.79 Å². The van der Waals surface area contributed by atoms with E-state index in [2.05, 4.69) is 33.1 Å². The van der Waals surface area contributed by atoms with Gasteiger partial charge in [0.15, 0.2) is 5.96 Å². The molecule has 0 spiro atoms. The quantitative estimate of drug-likeness (QED) is 0.247. The maximum Gasteiger partial charge on any atom is 0.407 e. The Balaban J connectivity index is 0.00000364. The third kappa shape index (κ3) is 8.68. The Morgan fingerprint density at radius 3 is 2.59 bits per heavy atom. The lowest BCUT2D eigenvalue weighted by atomic mass is 10.1. The van der Waals surface area contributed by atoms with Gasteiger partial charge in [-0.15, -0.1) is 24.0 Å². The van der Waals surface area contributed by atoms with Gasteiger partial charge in [0.2, 0.25) is 0 Å². The molecule has 7 nitrogen and oxygen atoms in total. The maximum absolute atomic E-state index is 11.6. The van der Waals surface area contributed by atoms with Crippen molar-refractivity contribution in [3.8, 4) is 5.75 Å². The van der Waals surface area contributed by atoms with E-state index in [0.717, 1.165) is 31.7 Å². The van der Waals surface area contributed by atoms with Gasteiger partial charge in [0.05, 0.1) is 6.61 Å². The summed E-state index contributed by atoms with van der Waals surface area (Å²) in [5.41, 5.74) is 2.08. The lowest BCUT2D eigenvalue weighted by molar-refractivity contribution is 0.0529. The Bertz CT molecular complexity index is 644. The van der Waals surface area contributed by atoms with Crippen molar-refractivity contribution in [2.24, 2.45) is 4.99 Å². The highest BCUT2D eigenvalue weighted by molar-refractivity contribution is 14.0. The lowest BCUT2D eigenvalue weighted by Crippen LogP contribution is -2.43. The molecule has 27 heavy (non-hydrogen) atoms. The molecule has 152 valence electrons. The van der Waals surface area contributed by atoms with E-state index in [4.69, 9.17) is 9.47 Å². The summed E-state index contributed by atoms with van der Waals surface area (Å²) in [5, 5.41) is 9.15. The Kier molecular flexibility index (Phi) is 9.68. The molecule has 1 aromatic rings. The Hall–Kier alpha value is -1.71. The molecule has 0 saturated heterocycles. The van der Waals surface area contributed by atoms with Crippen molar-refractivity contribution in [1.29, 1.82) is 0 Å². The van der Waals surface area contributed by atoms with Gasteiger partial charge < -0.3 is 25.4 Å². The van der Waals surface area contributed by atoms with Crippen molar-refractivity contribution >= 4 is 36.0 Å². The minimum absolute atomic E-state index is 0. The van der Waals surface area contributed by atoms with Crippen molar-refractivity contribution in [2.45, 2.75) is 39.2 Å². The first-order chi connectivity index (χ1) is 12.4. The number of hydrogen-bond donors (Lipinski definition) is 3. The lowest BCUT2D eigenvalue weighted by Gasteiger charge is -2.20. The fourth-order valence-corrected chi connectivity index (χ4v) is 2.60. The Labute approximate surface area is 178 Å². The van der Waals surface area contributed by atoms with Crippen LogP contribution in [0.3, 0.4) is 0 Å². The highest BCUT2D eigenvalue weighted by Gasteiger charge is 2.15. The van der Waals surface area contributed by atoms with E-state index in [1.807, 2.05) is 26.8 Å². The van der Waals surface area contributed by atoms with Gasteiger partial charge in [0.1, 0.15) is 11.4 Å². The normalized spacial score (nSPS) is 13.1. The number of benzene rings is 1. The number of nitrogens with one attached hydrogen (secondary N) is 3. The summed E-state index contributed by atoms with van der Waals surface area (Å²) in [7, 11) is 1.73. The van der Waals surface area contributed by atoms with Gasteiger partial charge in [-0.1, -0.05) is 12.1 Å². The fourth-order valence-electron chi connectivity index (χ4n) is 2.60. The molecule has 0 fully saturated rings. The second-order valence-corrected chi connectivity index (χ2v) is 7.14. The molecule has 1 aromatic carbocycles. The number of rotatable bonds is 6. The molecular formula is C19H31IN4O3. The molecule has 1 aliphatic rings. The molecule has 2 rings (SSSR count). The number of aliphatic imine (C=N–C) groups is 1. The van der Waals surface area contributed by atoms with Crippen LogP contribution >= 0.6 is 24.0 Å². The summed E-state index contributed by atoms with van der Waals surface area (Å²) < 4.78 is 10.7. The Morgan fingerprint density at radius 2 is 1.89 bits per heavy atom.